The van der Waals surface area contributed by atoms with Crippen LogP contribution in [0.3, 0.4) is 0 Å². The van der Waals surface area contributed by atoms with Crippen molar-refractivity contribution in [2.75, 3.05) is 13.2 Å². The average Bonchev–Trinajstić information content (AvgIpc) is 1.82. The van der Waals surface area contributed by atoms with Crippen molar-refractivity contribution >= 4 is 26.7 Å². The lowest BCUT2D eigenvalue weighted by atomic mass is 10.3. The molecule has 0 aromatic rings. The minimum atomic E-state index is -0.109. The van der Waals surface area contributed by atoms with Gasteiger partial charge in [-0.25, -0.2) is 0 Å². The van der Waals surface area contributed by atoms with Gasteiger partial charge in [0.1, 0.15) is 6.61 Å². The maximum Gasteiger partial charge on any atom is 0.319 e. The van der Waals surface area contributed by atoms with Crippen LogP contribution >= 0.6 is 0 Å². The van der Waals surface area contributed by atoms with Gasteiger partial charge in [0.15, 0.2) is 5.78 Å². The summed E-state index contributed by atoms with van der Waals surface area (Å²) >= 11 is 0.460. The number of carbonyl (C=O) groups excluding carboxylic acids is 2. The van der Waals surface area contributed by atoms with Crippen LogP contribution in [0, 0.1) is 0 Å². The molecule has 3 nitrogen and oxygen atoms in total. The first-order valence-corrected chi connectivity index (χ1v) is 4.25. The van der Waals surface area contributed by atoms with Crippen LogP contribution in [-0.4, -0.2) is 39.9 Å². The molecule has 0 aliphatic heterocycles. The SMILES string of the molecule is CCOCC(=O)C[C](=O)[AlH2]. The molecule has 0 saturated carbocycles. The predicted molar refractivity (Wildman–Crippen MR) is 39.7 cm³/mol. The van der Waals surface area contributed by atoms with Crippen LogP contribution in [0.2, 0.25) is 0 Å². The third-order valence-corrected chi connectivity index (χ3v) is 1.27. The highest BCUT2D eigenvalue weighted by Crippen LogP contribution is 1.84. The van der Waals surface area contributed by atoms with E-state index in [1.54, 1.807) is 0 Å². The van der Waals surface area contributed by atoms with E-state index in [4.69, 9.17) is 4.74 Å². The minimum Gasteiger partial charge on any atom is -0.374 e. The normalized spacial score (nSPS) is 9.30. The molecular formula is C6H11AlO3. The molecule has 0 amide bonds. The Labute approximate surface area is 68.2 Å². The predicted octanol–water partition coefficient (Wildman–Crippen LogP) is -0.858. The van der Waals surface area contributed by atoms with Gasteiger partial charge >= 0.3 is 16.3 Å². The van der Waals surface area contributed by atoms with Crippen LogP contribution in [0.15, 0.2) is 0 Å². The quantitative estimate of drug-likeness (QED) is 0.386. The highest BCUT2D eigenvalue weighted by atomic mass is 27.0. The molecule has 0 rings (SSSR count). The molecule has 0 N–H and O–H groups in total. The van der Waals surface area contributed by atoms with Gasteiger partial charge in [-0.3, -0.25) is 4.79 Å². The van der Waals surface area contributed by atoms with Gasteiger partial charge in [-0.1, -0.05) is 0 Å². The molecule has 0 unspecified atom stereocenters. The van der Waals surface area contributed by atoms with Gasteiger partial charge in [0.25, 0.3) is 0 Å². The summed E-state index contributed by atoms with van der Waals surface area (Å²) in [5.41, 5.74) is 0. The van der Waals surface area contributed by atoms with E-state index >= 15 is 0 Å². The third kappa shape index (κ3) is 5.96. The van der Waals surface area contributed by atoms with E-state index in [0.29, 0.717) is 22.9 Å². The zero-order valence-electron chi connectivity index (χ0n) is 6.35. The molecule has 0 spiro atoms. The molecule has 0 bridgehead atoms. The second-order valence-corrected chi connectivity index (χ2v) is 3.17. The Hall–Kier alpha value is -0.168. The van der Waals surface area contributed by atoms with Crippen LogP contribution in [0.4, 0.5) is 0 Å². The van der Waals surface area contributed by atoms with E-state index in [1.165, 1.54) is 0 Å². The second-order valence-electron chi connectivity index (χ2n) is 2.05. The Morgan fingerprint density at radius 1 is 1.50 bits per heavy atom. The molecule has 0 aromatic heterocycles. The van der Waals surface area contributed by atoms with E-state index in [1.807, 2.05) is 6.92 Å². The molecule has 0 aliphatic rings. The summed E-state index contributed by atoms with van der Waals surface area (Å²) in [6.45, 7) is 2.43. The molecular weight excluding hydrogens is 147 g/mol. The largest absolute Gasteiger partial charge is 0.374 e. The molecule has 0 aliphatic carbocycles. The van der Waals surface area contributed by atoms with Gasteiger partial charge in [0, 0.05) is 17.7 Å². The number of ketones is 1. The zero-order valence-corrected chi connectivity index (χ0v) is 8.35. The number of Topliss-reactive ketones (excluding diaryl/α,β-unsaturated/α-hetero) is 1. The highest BCUT2D eigenvalue weighted by molar-refractivity contribution is 6.59. The Morgan fingerprint density at radius 3 is 2.50 bits per heavy atom. The topological polar surface area (TPSA) is 43.4 Å². The Balaban J connectivity index is 3.35. The lowest BCUT2D eigenvalue weighted by Gasteiger charge is -1.96. The number of rotatable bonds is 5. The number of ether oxygens (including phenoxy) is 1. The maximum absolute atomic E-state index is 10.7. The van der Waals surface area contributed by atoms with Crippen molar-refractivity contribution < 1.29 is 14.3 Å². The summed E-state index contributed by atoms with van der Waals surface area (Å²) in [6.07, 6.45) is 0.0617. The maximum atomic E-state index is 10.7. The first-order chi connectivity index (χ1) is 4.66. The minimum absolute atomic E-state index is 0.0321. The van der Waals surface area contributed by atoms with Gasteiger partial charge in [0.05, 0.1) is 0 Å². The molecule has 10 heavy (non-hydrogen) atoms. The summed E-state index contributed by atoms with van der Waals surface area (Å²) in [5, 5.41) is 0. The van der Waals surface area contributed by atoms with Gasteiger partial charge < -0.3 is 9.53 Å². The van der Waals surface area contributed by atoms with Crippen molar-refractivity contribution in [2.24, 2.45) is 0 Å². The van der Waals surface area contributed by atoms with Crippen molar-refractivity contribution in [2.45, 2.75) is 13.3 Å². The van der Waals surface area contributed by atoms with E-state index in [-0.39, 0.29) is 23.5 Å². The number of carbonyl (C=O) groups is 2. The van der Waals surface area contributed by atoms with Gasteiger partial charge in [-0.05, 0) is 6.92 Å². The third-order valence-electron chi connectivity index (χ3n) is 0.913. The Morgan fingerprint density at radius 2 is 2.10 bits per heavy atom. The Bertz CT molecular complexity index is 133. The van der Waals surface area contributed by atoms with E-state index in [0.717, 1.165) is 0 Å². The Kier molecular flexibility index (Phi) is 5.51. The van der Waals surface area contributed by atoms with Crippen molar-refractivity contribution in [3.05, 3.63) is 0 Å². The summed E-state index contributed by atoms with van der Waals surface area (Å²) < 4.78 is 4.84. The molecule has 0 radical (unpaired) electrons. The fourth-order valence-corrected chi connectivity index (χ4v) is 0.939. The van der Waals surface area contributed by atoms with Crippen molar-refractivity contribution in [3.63, 3.8) is 0 Å². The fourth-order valence-electron chi connectivity index (χ4n) is 0.545. The number of hydrogen-bond acceptors (Lipinski definition) is 3. The summed E-state index contributed by atoms with van der Waals surface area (Å²) in [4.78, 5) is 21.1. The van der Waals surface area contributed by atoms with Crippen molar-refractivity contribution in [1.82, 2.24) is 0 Å². The lowest BCUT2D eigenvalue weighted by molar-refractivity contribution is -0.126. The average molecular weight is 158 g/mol. The van der Waals surface area contributed by atoms with E-state index in [9.17, 15) is 9.59 Å². The number of hydrogen-bond donors (Lipinski definition) is 0. The van der Waals surface area contributed by atoms with E-state index < -0.39 is 0 Å². The van der Waals surface area contributed by atoms with Crippen LogP contribution < -0.4 is 0 Å². The van der Waals surface area contributed by atoms with Crippen LogP contribution in [0.1, 0.15) is 13.3 Å². The lowest BCUT2D eigenvalue weighted by Crippen LogP contribution is -2.13. The standard InChI is InChI=1S/C6H9O3.Al.2H/c1-2-9-5-6(8)3-4-7;;;/h2-3,5H2,1H3;;;. The molecule has 0 aromatic carbocycles. The molecule has 0 fully saturated rings. The van der Waals surface area contributed by atoms with Crippen molar-refractivity contribution in [3.8, 4) is 0 Å². The molecule has 0 saturated heterocycles. The smallest absolute Gasteiger partial charge is 0.319 e. The summed E-state index contributed by atoms with van der Waals surface area (Å²) in [5.74, 6) is -0.109. The first-order valence-electron chi connectivity index (χ1n) is 3.25. The highest BCUT2D eigenvalue weighted by Gasteiger charge is 2.03. The van der Waals surface area contributed by atoms with Crippen LogP contribution in [-0.2, 0) is 14.3 Å². The molecule has 56 valence electrons. The molecule has 0 atom stereocenters. The molecule has 4 heteroatoms. The first kappa shape index (κ1) is 9.83. The van der Waals surface area contributed by atoms with E-state index in [2.05, 4.69) is 0 Å². The summed E-state index contributed by atoms with van der Waals surface area (Å²) in [7, 11) is 0. The fraction of sp³-hybridized carbons (Fsp3) is 0.667. The molecule has 0 heterocycles. The monoisotopic (exact) mass is 158 g/mol. The second kappa shape index (κ2) is 5.60. The van der Waals surface area contributed by atoms with Crippen LogP contribution in [0.25, 0.3) is 0 Å². The van der Waals surface area contributed by atoms with Crippen molar-refractivity contribution in [1.29, 1.82) is 0 Å². The van der Waals surface area contributed by atoms with Gasteiger partial charge in [-0.15, -0.1) is 0 Å². The summed E-state index contributed by atoms with van der Waals surface area (Å²) in [6, 6.07) is 0. The van der Waals surface area contributed by atoms with Gasteiger partial charge in [0.2, 0.25) is 0 Å². The van der Waals surface area contributed by atoms with Gasteiger partial charge in [-0.2, -0.15) is 0 Å². The zero-order chi connectivity index (χ0) is 7.98. The van der Waals surface area contributed by atoms with Crippen LogP contribution in [0.5, 0.6) is 0 Å².